The van der Waals surface area contributed by atoms with E-state index in [0.29, 0.717) is 11.5 Å². The highest BCUT2D eigenvalue weighted by Gasteiger charge is 2.16. The van der Waals surface area contributed by atoms with Gasteiger partial charge in [-0.25, -0.2) is 4.98 Å². The molecule has 0 unspecified atom stereocenters. The molecule has 0 saturated heterocycles. The number of anilines is 2. The Hall–Kier alpha value is -2.42. The molecule has 0 amide bonds. The molecular formula is C12H15N5O3S. The quantitative estimate of drug-likeness (QED) is 0.533. The van der Waals surface area contributed by atoms with Crippen molar-refractivity contribution in [1.29, 1.82) is 0 Å². The average molecular weight is 309 g/mol. The highest BCUT2D eigenvalue weighted by Crippen LogP contribution is 2.24. The third-order valence-electron chi connectivity index (χ3n) is 2.64. The topological polar surface area (TPSA) is 113 Å². The summed E-state index contributed by atoms with van der Waals surface area (Å²) >= 11 is 1.05. The van der Waals surface area contributed by atoms with E-state index in [-0.39, 0.29) is 22.9 Å². The number of hydrogen-bond acceptors (Lipinski definition) is 7. The van der Waals surface area contributed by atoms with Crippen LogP contribution in [0.5, 0.6) is 0 Å². The van der Waals surface area contributed by atoms with Gasteiger partial charge in [-0.05, 0) is 12.5 Å². The molecule has 0 fully saturated rings. The van der Waals surface area contributed by atoms with Crippen LogP contribution in [0.25, 0.3) is 0 Å². The molecule has 0 aliphatic rings. The normalized spacial score (nSPS) is 10.3. The molecule has 2 rings (SSSR count). The maximum atomic E-state index is 11.1. The summed E-state index contributed by atoms with van der Waals surface area (Å²) in [6.07, 6.45) is 0.928. The molecule has 0 saturated carbocycles. The summed E-state index contributed by atoms with van der Waals surface area (Å²) in [6.45, 7) is 3.02. The first kappa shape index (κ1) is 15.0. The predicted octanol–water partition coefficient (Wildman–Crippen LogP) is 2.17. The van der Waals surface area contributed by atoms with Crippen molar-refractivity contribution in [3.63, 3.8) is 0 Å². The SMILES string of the molecule is CCCNc1ccc([N+](=O)[O-])c(NCc2csc(=O)[nH]2)n1. The second kappa shape index (κ2) is 6.84. The number of aromatic nitrogens is 2. The van der Waals surface area contributed by atoms with E-state index in [1.807, 2.05) is 6.92 Å². The van der Waals surface area contributed by atoms with Crippen LogP contribution < -0.4 is 15.5 Å². The van der Waals surface area contributed by atoms with E-state index in [1.54, 1.807) is 11.4 Å². The van der Waals surface area contributed by atoms with Gasteiger partial charge in [0.05, 0.1) is 11.5 Å². The first-order valence-electron chi connectivity index (χ1n) is 6.40. The standard InChI is InChI=1S/C12H15N5O3S/c1-2-5-13-10-4-3-9(17(19)20)11(16-10)14-6-8-7-21-12(18)15-8/h3-4,7H,2,5-6H2,1H3,(H,15,18)(H2,13,14,16). The Labute approximate surface area is 124 Å². The average Bonchev–Trinajstić information content (AvgIpc) is 2.88. The van der Waals surface area contributed by atoms with E-state index in [0.717, 1.165) is 24.3 Å². The van der Waals surface area contributed by atoms with Gasteiger partial charge in [-0.2, -0.15) is 0 Å². The van der Waals surface area contributed by atoms with Crippen LogP contribution in [0.4, 0.5) is 17.3 Å². The van der Waals surface area contributed by atoms with Gasteiger partial charge in [0, 0.05) is 23.7 Å². The number of nitrogens with zero attached hydrogens (tertiary/aromatic N) is 2. The van der Waals surface area contributed by atoms with Crippen LogP contribution in [0, 0.1) is 10.1 Å². The van der Waals surface area contributed by atoms with E-state index < -0.39 is 4.92 Å². The van der Waals surface area contributed by atoms with Gasteiger partial charge in [0.1, 0.15) is 5.82 Å². The minimum Gasteiger partial charge on any atom is -0.370 e. The van der Waals surface area contributed by atoms with Gasteiger partial charge >= 0.3 is 10.6 Å². The number of aromatic amines is 1. The number of rotatable bonds is 7. The second-order valence-corrected chi connectivity index (χ2v) is 5.12. The van der Waals surface area contributed by atoms with Crippen molar-refractivity contribution in [2.24, 2.45) is 0 Å². The van der Waals surface area contributed by atoms with Gasteiger partial charge in [0.15, 0.2) is 0 Å². The molecule has 0 atom stereocenters. The first-order chi connectivity index (χ1) is 10.1. The minimum absolute atomic E-state index is 0.102. The van der Waals surface area contributed by atoms with Gasteiger partial charge in [-0.15, -0.1) is 0 Å². The molecule has 0 aliphatic carbocycles. The van der Waals surface area contributed by atoms with Crippen LogP contribution in [0.1, 0.15) is 19.0 Å². The zero-order valence-corrected chi connectivity index (χ0v) is 12.2. The largest absolute Gasteiger partial charge is 0.370 e. The molecule has 112 valence electrons. The lowest BCUT2D eigenvalue weighted by molar-refractivity contribution is -0.384. The Morgan fingerprint density at radius 3 is 2.86 bits per heavy atom. The number of nitrogens with one attached hydrogen (secondary N) is 3. The molecule has 2 heterocycles. The summed E-state index contributed by atoms with van der Waals surface area (Å²) in [5.41, 5.74) is 0.558. The highest BCUT2D eigenvalue weighted by atomic mass is 32.1. The number of H-pyrrole nitrogens is 1. The van der Waals surface area contributed by atoms with Crippen LogP contribution in [-0.4, -0.2) is 21.4 Å². The summed E-state index contributed by atoms with van der Waals surface area (Å²) in [6, 6.07) is 2.98. The molecule has 0 aliphatic heterocycles. The van der Waals surface area contributed by atoms with Crippen molar-refractivity contribution in [1.82, 2.24) is 9.97 Å². The Balaban J connectivity index is 2.17. The van der Waals surface area contributed by atoms with E-state index in [2.05, 4.69) is 20.6 Å². The smallest absolute Gasteiger partial charge is 0.311 e. The lowest BCUT2D eigenvalue weighted by Crippen LogP contribution is -2.09. The summed E-state index contributed by atoms with van der Waals surface area (Å²) in [7, 11) is 0. The number of nitro groups is 1. The van der Waals surface area contributed by atoms with Crippen molar-refractivity contribution >= 4 is 28.7 Å². The maximum Gasteiger partial charge on any atom is 0.311 e. The van der Waals surface area contributed by atoms with Crippen molar-refractivity contribution in [2.45, 2.75) is 19.9 Å². The Morgan fingerprint density at radius 1 is 1.43 bits per heavy atom. The molecule has 0 spiro atoms. The summed E-state index contributed by atoms with van der Waals surface area (Å²) in [4.78, 5) is 28.2. The molecule has 2 aromatic heterocycles. The fourth-order valence-electron chi connectivity index (χ4n) is 1.66. The number of pyridine rings is 1. The van der Waals surface area contributed by atoms with Crippen molar-refractivity contribution < 1.29 is 4.92 Å². The molecule has 0 radical (unpaired) electrons. The zero-order chi connectivity index (χ0) is 15.2. The Bertz CT molecular complexity index is 682. The molecule has 0 aromatic carbocycles. The van der Waals surface area contributed by atoms with Crippen LogP contribution in [0.15, 0.2) is 22.3 Å². The number of thiazole rings is 1. The fraction of sp³-hybridized carbons (Fsp3) is 0.333. The highest BCUT2D eigenvalue weighted by molar-refractivity contribution is 7.07. The summed E-state index contributed by atoms with van der Waals surface area (Å²) < 4.78 is 0. The van der Waals surface area contributed by atoms with E-state index >= 15 is 0 Å². The van der Waals surface area contributed by atoms with Gasteiger partial charge < -0.3 is 15.6 Å². The van der Waals surface area contributed by atoms with Crippen LogP contribution in [0.3, 0.4) is 0 Å². The molecule has 9 heteroatoms. The number of hydrogen-bond donors (Lipinski definition) is 3. The lowest BCUT2D eigenvalue weighted by atomic mass is 10.3. The molecule has 8 nitrogen and oxygen atoms in total. The van der Waals surface area contributed by atoms with Crippen molar-refractivity contribution in [2.75, 3.05) is 17.2 Å². The van der Waals surface area contributed by atoms with Gasteiger partial charge in [-0.1, -0.05) is 18.3 Å². The van der Waals surface area contributed by atoms with Crippen molar-refractivity contribution in [3.05, 3.63) is 43.0 Å². The monoisotopic (exact) mass is 309 g/mol. The molecule has 3 N–H and O–H groups in total. The molecule has 0 bridgehead atoms. The second-order valence-electron chi connectivity index (χ2n) is 4.28. The third kappa shape index (κ3) is 4.02. The predicted molar refractivity (Wildman–Crippen MR) is 81.9 cm³/mol. The van der Waals surface area contributed by atoms with Crippen LogP contribution in [-0.2, 0) is 6.54 Å². The lowest BCUT2D eigenvalue weighted by Gasteiger charge is -2.08. The first-order valence-corrected chi connectivity index (χ1v) is 7.28. The maximum absolute atomic E-state index is 11.1. The van der Waals surface area contributed by atoms with Crippen LogP contribution in [0.2, 0.25) is 0 Å². The Morgan fingerprint density at radius 2 is 2.24 bits per heavy atom. The van der Waals surface area contributed by atoms with Gasteiger partial charge in [-0.3, -0.25) is 14.9 Å². The fourth-order valence-corrected chi connectivity index (χ4v) is 2.24. The molecular weight excluding hydrogens is 294 g/mol. The summed E-state index contributed by atoms with van der Waals surface area (Å²) in [5, 5.41) is 18.6. The Kier molecular flexibility index (Phi) is 4.88. The van der Waals surface area contributed by atoms with E-state index in [1.165, 1.54) is 6.07 Å². The zero-order valence-electron chi connectivity index (χ0n) is 11.4. The molecule has 2 aromatic rings. The van der Waals surface area contributed by atoms with Gasteiger partial charge in [0.25, 0.3) is 0 Å². The van der Waals surface area contributed by atoms with Gasteiger partial charge in [0.2, 0.25) is 5.82 Å². The molecule has 21 heavy (non-hydrogen) atoms. The minimum atomic E-state index is -0.491. The van der Waals surface area contributed by atoms with E-state index in [4.69, 9.17) is 0 Å². The van der Waals surface area contributed by atoms with Crippen LogP contribution >= 0.6 is 11.3 Å². The van der Waals surface area contributed by atoms with E-state index in [9.17, 15) is 14.9 Å². The van der Waals surface area contributed by atoms with Crippen molar-refractivity contribution in [3.8, 4) is 0 Å². The third-order valence-corrected chi connectivity index (χ3v) is 3.36. The summed E-state index contributed by atoms with van der Waals surface area (Å²) in [5.74, 6) is 0.747.